The molecule has 1 aliphatic heterocycles. The number of thiophene rings is 2. The molecule has 0 atom stereocenters. The smallest absolute Gasteiger partial charge is 0.0912 e. The molecule has 0 spiro atoms. The third-order valence-electron chi connectivity index (χ3n) is 3.90. The van der Waals surface area contributed by atoms with Crippen LogP contribution < -0.4 is 4.90 Å². The molecule has 0 bridgehead atoms. The number of rotatable bonds is 3. The van der Waals surface area contributed by atoms with Crippen LogP contribution in [0.4, 0.5) is 5.00 Å². The summed E-state index contributed by atoms with van der Waals surface area (Å²) in [6, 6.07) is 19.1. The molecule has 2 aromatic heterocycles. The highest BCUT2D eigenvalue weighted by molar-refractivity contribution is 7.16. The van der Waals surface area contributed by atoms with Crippen molar-refractivity contribution in [1.29, 1.82) is 0 Å². The van der Waals surface area contributed by atoms with Gasteiger partial charge in [-0.15, -0.1) is 22.7 Å². The van der Waals surface area contributed by atoms with Gasteiger partial charge >= 0.3 is 0 Å². The molecule has 126 valence electrons. The van der Waals surface area contributed by atoms with Crippen LogP contribution in [0.5, 0.6) is 0 Å². The van der Waals surface area contributed by atoms with Gasteiger partial charge < -0.3 is 9.64 Å². The Balaban J connectivity index is 0.000000143. The fraction of sp³-hybridized carbons (Fsp3) is 0.300. The van der Waals surface area contributed by atoms with Crippen LogP contribution in [-0.4, -0.2) is 26.3 Å². The van der Waals surface area contributed by atoms with Crippen molar-refractivity contribution < 1.29 is 4.74 Å². The lowest BCUT2D eigenvalue weighted by molar-refractivity contribution is 0.123. The molecule has 2 nitrogen and oxygen atoms in total. The maximum absolute atomic E-state index is 5.32. The van der Waals surface area contributed by atoms with E-state index in [0.29, 0.717) is 0 Å². The van der Waals surface area contributed by atoms with Crippen molar-refractivity contribution in [2.75, 3.05) is 31.2 Å². The molecule has 0 aliphatic carbocycles. The Hall–Kier alpha value is -1.62. The number of morpholine rings is 1. The fourth-order valence-corrected chi connectivity index (χ4v) is 4.29. The molecule has 1 fully saturated rings. The second kappa shape index (κ2) is 9.02. The molecule has 4 heteroatoms. The number of aryl methyl sites for hydroxylation is 1. The van der Waals surface area contributed by atoms with E-state index >= 15 is 0 Å². The molecule has 0 unspecified atom stereocenters. The van der Waals surface area contributed by atoms with Gasteiger partial charge in [0.2, 0.25) is 0 Å². The van der Waals surface area contributed by atoms with Gasteiger partial charge in [-0.3, -0.25) is 0 Å². The van der Waals surface area contributed by atoms with Gasteiger partial charge in [-0.1, -0.05) is 43.3 Å². The molecule has 1 aliphatic rings. The second-order valence-corrected chi connectivity index (χ2v) is 7.63. The van der Waals surface area contributed by atoms with Crippen LogP contribution in [-0.2, 0) is 11.2 Å². The van der Waals surface area contributed by atoms with E-state index in [1.807, 2.05) is 17.4 Å². The number of hydrogen-bond acceptors (Lipinski definition) is 4. The average Bonchev–Trinajstić information content (AvgIpc) is 3.36. The Labute approximate surface area is 152 Å². The Bertz CT molecular complexity index is 700. The highest BCUT2D eigenvalue weighted by atomic mass is 32.1. The summed E-state index contributed by atoms with van der Waals surface area (Å²) in [6.45, 7) is 6.04. The summed E-state index contributed by atoms with van der Waals surface area (Å²) >= 11 is 3.69. The number of nitrogens with zero attached hydrogens (tertiary/aromatic N) is 1. The summed E-state index contributed by atoms with van der Waals surface area (Å²) in [5.74, 6) is 0. The molecule has 0 saturated carbocycles. The average molecular weight is 358 g/mol. The number of anilines is 1. The van der Waals surface area contributed by atoms with E-state index < -0.39 is 0 Å². The van der Waals surface area contributed by atoms with Gasteiger partial charge in [0.15, 0.2) is 0 Å². The molecule has 4 rings (SSSR count). The first-order valence-electron chi connectivity index (χ1n) is 8.37. The quantitative estimate of drug-likeness (QED) is 0.608. The molecule has 0 radical (unpaired) electrons. The maximum Gasteiger partial charge on any atom is 0.0912 e. The predicted molar refractivity (Wildman–Crippen MR) is 106 cm³/mol. The van der Waals surface area contributed by atoms with E-state index in [2.05, 4.69) is 65.7 Å². The van der Waals surface area contributed by atoms with Crippen molar-refractivity contribution in [3.8, 4) is 10.4 Å². The molecular weight excluding hydrogens is 334 g/mol. The monoisotopic (exact) mass is 357 g/mol. The Morgan fingerprint density at radius 3 is 2.38 bits per heavy atom. The Morgan fingerprint density at radius 1 is 0.958 bits per heavy atom. The minimum Gasteiger partial charge on any atom is -0.378 e. The third kappa shape index (κ3) is 4.69. The van der Waals surface area contributed by atoms with E-state index in [1.54, 1.807) is 11.3 Å². The SMILES string of the molecule is CCc1ccc(N2CCOCC2)s1.c1ccc(-c2cccs2)cc1. The lowest BCUT2D eigenvalue weighted by Crippen LogP contribution is -2.35. The second-order valence-electron chi connectivity index (χ2n) is 5.54. The largest absolute Gasteiger partial charge is 0.378 e. The minimum atomic E-state index is 0.874. The molecule has 3 heterocycles. The summed E-state index contributed by atoms with van der Waals surface area (Å²) in [6.07, 6.45) is 1.15. The summed E-state index contributed by atoms with van der Waals surface area (Å²) in [5, 5.41) is 3.50. The fourth-order valence-electron chi connectivity index (χ4n) is 2.56. The zero-order valence-electron chi connectivity index (χ0n) is 14.0. The molecule has 0 amide bonds. The first-order valence-corrected chi connectivity index (χ1v) is 10.1. The van der Waals surface area contributed by atoms with Crippen molar-refractivity contribution in [3.63, 3.8) is 0 Å². The van der Waals surface area contributed by atoms with Crippen molar-refractivity contribution >= 4 is 27.7 Å². The van der Waals surface area contributed by atoms with Gasteiger partial charge in [-0.2, -0.15) is 0 Å². The summed E-state index contributed by atoms with van der Waals surface area (Å²) in [7, 11) is 0. The van der Waals surface area contributed by atoms with Crippen molar-refractivity contribution in [2.45, 2.75) is 13.3 Å². The summed E-state index contributed by atoms with van der Waals surface area (Å²) in [5.41, 5.74) is 1.31. The van der Waals surface area contributed by atoms with Crippen molar-refractivity contribution in [2.24, 2.45) is 0 Å². The van der Waals surface area contributed by atoms with Gasteiger partial charge in [-0.05, 0) is 35.6 Å². The molecular formula is C20H23NOS2. The zero-order valence-corrected chi connectivity index (χ0v) is 15.6. The van der Waals surface area contributed by atoms with Crippen LogP contribution in [0.15, 0.2) is 60.0 Å². The minimum absolute atomic E-state index is 0.874. The summed E-state index contributed by atoms with van der Waals surface area (Å²) in [4.78, 5) is 5.22. The van der Waals surface area contributed by atoms with Crippen LogP contribution in [0.3, 0.4) is 0 Å². The lowest BCUT2D eigenvalue weighted by Gasteiger charge is -2.27. The third-order valence-corrected chi connectivity index (χ3v) is 6.11. The van der Waals surface area contributed by atoms with Crippen molar-refractivity contribution in [1.82, 2.24) is 0 Å². The highest BCUT2D eigenvalue weighted by Crippen LogP contribution is 2.26. The van der Waals surface area contributed by atoms with Crippen LogP contribution >= 0.6 is 22.7 Å². The molecule has 3 aromatic rings. The standard InChI is InChI=1S/C10H15NOS.C10H8S/c1-2-9-3-4-10(13-9)11-5-7-12-8-6-11;1-2-5-9(6-3-1)10-7-4-8-11-10/h3-4H,2,5-8H2,1H3;1-8H. The van der Waals surface area contributed by atoms with E-state index in [0.717, 1.165) is 32.7 Å². The summed E-state index contributed by atoms with van der Waals surface area (Å²) < 4.78 is 5.32. The lowest BCUT2D eigenvalue weighted by atomic mass is 10.2. The van der Waals surface area contributed by atoms with Crippen molar-refractivity contribution in [3.05, 3.63) is 64.9 Å². The normalized spacial score (nSPS) is 14.1. The molecule has 24 heavy (non-hydrogen) atoms. The van der Waals surface area contributed by atoms with Crippen LogP contribution in [0, 0.1) is 0 Å². The molecule has 1 aromatic carbocycles. The van der Waals surface area contributed by atoms with E-state index in [-0.39, 0.29) is 0 Å². The Morgan fingerprint density at radius 2 is 1.75 bits per heavy atom. The highest BCUT2D eigenvalue weighted by Gasteiger charge is 2.12. The topological polar surface area (TPSA) is 12.5 Å². The Kier molecular flexibility index (Phi) is 6.47. The maximum atomic E-state index is 5.32. The first-order chi connectivity index (χ1) is 11.9. The van der Waals surface area contributed by atoms with Crippen LogP contribution in [0.2, 0.25) is 0 Å². The predicted octanol–water partition coefficient (Wildman–Crippen LogP) is 5.56. The van der Waals surface area contributed by atoms with Gasteiger partial charge in [0, 0.05) is 22.8 Å². The van der Waals surface area contributed by atoms with E-state index in [9.17, 15) is 0 Å². The van der Waals surface area contributed by atoms with Crippen LogP contribution in [0.1, 0.15) is 11.8 Å². The van der Waals surface area contributed by atoms with Gasteiger partial charge in [0.1, 0.15) is 0 Å². The van der Waals surface area contributed by atoms with E-state index in [1.165, 1.54) is 20.3 Å². The van der Waals surface area contributed by atoms with Gasteiger partial charge in [0.05, 0.1) is 18.2 Å². The van der Waals surface area contributed by atoms with Gasteiger partial charge in [0.25, 0.3) is 0 Å². The number of hydrogen-bond donors (Lipinski definition) is 0. The van der Waals surface area contributed by atoms with Crippen LogP contribution in [0.25, 0.3) is 10.4 Å². The molecule has 1 saturated heterocycles. The molecule has 0 N–H and O–H groups in total. The zero-order chi connectivity index (χ0) is 16.6. The number of ether oxygens (including phenoxy) is 1. The van der Waals surface area contributed by atoms with Gasteiger partial charge in [-0.25, -0.2) is 0 Å². The van der Waals surface area contributed by atoms with E-state index in [4.69, 9.17) is 4.74 Å². The first kappa shape index (κ1) is 17.2. The number of benzene rings is 1.